The predicted octanol–water partition coefficient (Wildman–Crippen LogP) is 3.52. The zero-order chi connectivity index (χ0) is 15.8. The second-order valence-corrected chi connectivity index (χ2v) is 7.18. The lowest BCUT2D eigenvalue weighted by atomic mass is 10.1. The van der Waals surface area contributed by atoms with Gasteiger partial charge in [0.15, 0.2) is 0 Å². The van der Waals surface area contributed by atoms with Crippen molar-refractivity contribution in [3.63, 3.8) is 0 Å². The molecular formula is C17H21N5S. The van der Waals surface area contributed by atoms with Crippen LogP contribution in [-0.4, -0.2) is 31.2 Å². The topological polar surface area (TPSA) is 49.7 Å². The van der Waals surface area contributed by atoms with Crippen molar-refractivity contribution < 1.29 is 0 Å². The largest absolute Gasteiger partial charge is 0.336 e. The molecule has 0 aromatic carbocycles. The van der Waals surface area contributed by atoms with Gasteiger partial charge in [-0.1, -0.05) is 6.07 Å². The Morgan fingerprint density at radius 2 is 2.35 bits per heavy atom. The van der Waals surface area contributed by atoms with Gasteiger partial charge in [-0.3, -0.25) is 10.00 Å². The lowest BCUT2D eigenvalue weighted by molar-refractivity contribution is 0.237. The van der Waals surface area contributed by atoms with Crippen molar-refractivity contribution >= 4 is 11.3 Å². The Morgan fingerprint density at radius 1 is 1.43 bits per heavy atom. The first-order valence-corrected chi connectivity index (χ1v) is 8.90. The minimum Gasteiger partial charge on any atom is -0.336 e. The van der Waals surface area contributed by atoms with Crippen molar-refractivity contribution in [3.05, 3.63) is 47.0 Å². The van der Waals surface area contributed by atoms with Gasteiger partial charge in [-0.2, -0.15) is 5.10 Å². The zero-order valence-corrected chi connectivity index (χ0v) is 14.3. The number of imidazole rings is 1. The van der Waals surface area contributed by atoms with Crippen LogP contribution in [0.5, 0.6) is 0 Å². The normalized spacial score (nSPS) is 18.8. The number of aryl methyl sites for hydroxylation is 2. The van der Waals surface area contributed by atoms with E-state index < -0.39 is 0 Å². The SMILES string of the molecule is Cc1cn(C)c(C2CCCN2Cc2cn[nH]c2-c2cccs2)n1. The number of H-pyrrole nitrogens is 1. The van der Waals surface area contributed by atoms with Crippen molar-refractivity contribution in [1.82, 2.24) is 24.6 Å². The van der Waals surface area contributed by atoms with Crippen molar-refractivity contribution in [3.8, 4) is 10.6 Å². The van der Waals surface area contributed by atoms with Crippen molar-refractivity contribution in [2.75, 3.05) is 6.54 Å². The molecule has 1 fully saturated rings. The first kappa shape index (κ1) is 14.7. The smallest absolute Gasteiger partial charge is 0.126 e. The fourth-order valence-corrected chi connectivity index (χ4v) is 4.29. The minimum atomic E-state index is 0.403. The fraction of sp³-hybridized carbons (Fsp3) is 0.412. The molecule has 0 radical (unpaired) electrons. The van der Waals surface area contributed by atoms with Crippen LogP contribution in [0.2, 0.25) is 0 Å². The van der Waals surface area contributed by atoms with Crippen LogP contribution < -0.4 is 0 Å². The van der Waals surface area contributed by atoms with Crippen LogP contribution >= 0.6 is 11.3 Å². The third-order valence-electron chi connectivity index (χ3n) is 4.55. The van der Waals surface area contributed by atoms with E-state index in [1.54, 1.807) is 11.3 Å². The Bertz CT molecular complexity index is 786. The van der Waals surface area contributed by atoms with Crippen molar-refractivity contribution in [2.45, 2.75) is 32.4 Å². The molecule has 1 saturated heterocycles. The van der Waals surface area contributed by atoms with Crippen LogP contribution in [0.15, 0.2) is 29.9 Å². The minimum absolute atomic E-state index is 0.403. The monoisotopic (exact) mass is 327 g/mol. The summed E-state index contributed by atoms with van der Waals surface area (Å²) in [5.74, 6) is 1.18. The van der Waals surface area contributed by atoms with E-state index in [0.717, 1.165) is 24.5 Å². The lowest BCUT2D eigenvalue weighted by Gasteiger charge is -2.24. The van der Waals surface area contributed by atoms with E-state index in [-0.39, 0.29) is 0 Å². The molecule has 1 atom stereocenters. The highest BCUT2D eigenvalue weighted by atomic mass is 32.1. The standard InChI is InChI=1S/C17H21N5S/c1-12-10-21(2)17(19-12)14-5-3-7-22(14)11-13-9-18-20-16(13)15-6-4-8-23-15/h4,6,8-10,14H,3,5,7,11H2,1-2H3,(H,18,20). The molecule has 3 aromatic heterocycles. The molecular weight excluding hydrogens is 306 g/mol. The molecule has 0 saturated carbocycles. The van der Waals surface area contributed by atoms with E-state index in [1.165, 1.54) is 29.1 Å². The Morgan fingerprint density at radius 3 is 3.09 bits per heavy atom. The Hall–Kier alpha value is -1.92. The van der Waals surface area contributed by atoms with Gasteiger partial charge in [-0.05, 0) is 37.8 Å². The summed E-state index contributed by atoms with van der Waals surface area (Å²) in [6.07, 6.45) is 6.48. The molecule has 0 aliphatic carbocycles. The average molecular weight is 327 g/mol. The predicted molar refractivity (Wildman–Crippen MR) is 92.2 cm³/mol. The van der Waals surface area contributed by atoms with Gasteiger partial charge in [-0.15, -0.1) is 11.3 Å². The molecule has 6 heteroatoms. The number of hydrogen-bond acceptors (Lipinski definition) is 4. The molecule has 23 heavy (non-hydrogen) atoms. The quantitative estimate of drug-likeness (QED) is 0.797. The van der Waals surface area contributed by atoms with Crippen LogP contribution in [0.1, 0.15) is 36.0 Å². The summed E-state index contributed by atoms with van der Waals surface area (Å²) >= 11 is 1.75. The molecule has 120 valence electrons. The molecule has 1 unspecified atom stereocenters. The zero-order valence-electron chi connectivity index (χ0n) is 13.5. The van der Waals surface area contributed by atoms with Crippen LogP contribution in [-0.2, 0) is 13.6 Å². The second-order valence-electron chi connectivity index (χ2n) is 6.23. The third-order valence-corrected chi connectivity index (χ3v) is 5.44. The maximum absolute atomic E-state index is 4.74. The molecule has 0 spiro atoms. The van der Waals surface area contributed by atoms with Gasteiger partial charge in [0.2, 0.25) is 0 Å². The fourth-order valence-electron chi connectivity index (χ4n) is 3.54. The molecule has 4 heterocycles. The Kier molecular flexibility index (Phi) is 3.79. The summed E-state index contributed by atoms with van der Waals surface area (Å²) in [6.45, 7) is 4.10. The van der Waals surface area contributed by atoms with E-state index in [9.17, 15) is 0 Å². The van der Waals surface area contributed by atoms with E-state index in [1.807, 2.05) is 6.20 Å². The van der Waals surface area contributed by atoms with Gasteiger partial charge < -0.3 is 4.57 Å². The van der Waals surface area contributed by atoms with Crippen molar-refractivity contribution in [1.29, 1.82) is 0 Å². The Labute approximate surface area is 140 Å². The Balaban J connectivity index is 1.59. The van der Waals surface area contributed by atoms with E-state index >= 15 is 0 Å². The number of rotatable bonds is 4. The summed E-state index contributed by atoms with van der Waals surface area (Å²) in [6, 6.07) is 4.63. The number of likely N-dealkylation sites (tertiary alicyclic amines) is 1. The highest BCUT2D eigenvalue weighted by Crippen LogP contribution is 2.34. The molecule has 3 aromatic rings. The summed E-state index contributed by atoms with van der Waals surface area (Å²) < 4.78 is 2.17. The molecule has 0 amide bonds. The number of hydrogen-bond donors (Lipinski definition) is 1. The number of thiophene rings is 1. The maximum Gasteiger partial charge on any atom is 0.126 e. The number of nitrogens with zero attached hydrogens (tertiary/aromatic N) is 4. The van der Waals surface area contributed by atoms with Crippen LogP contribution in [0.4, 0.5) is 0 Å². The summed E-state index contributed by atoms with van der Waals surface area (Å²) in [7, 11) is 2.10. The third kappa shape index (κ3) is 2.72. The highest BCUT2D eigenvalue weighted by molar-refractivity contribution is 7.13. The van der Waals surface area contributed by atoms with Gasteiger partial charge in [0.05, 0.1) is 28.5 Å². The van der Waals surface area contributed by atoms with Gasteiger partial charge in [0.25, 0.3) is 0 Å². The van der Waals surface area contributed by atoms with E-state index in [0.29, 0.717) is 6.04 Å². The molecule has 0 bridgehead atoms. The molecule has 1 aliphatic rings. The lowest BCUT2D eigenvalue weighted by Crippen LogP contribution is -2.24. The molecule has 5 nitrogen and oxygen atoms in total. The van der Waals surface area contributed by atoms with Crippen LogP contribution in [0, 0.1) is 6.92 Å². The summed E-state index contributed by atoms with van der Waals surface area (Å²) in [5.41, 5.74) is 3.52. The van der Waals surface area contributed by atoms with Crippen LogP contribution in [0.25, 0.3) is 10.6 Å². The molecule has 1 N–H and O–H groups in total. The maximum atomic E-state index is 4.74. The van der Waals surface area contributed by atoms with E-state index in [4.69, 9.17) is 4.98 Å². The van der Waals surface area contributed by atoms with Gasteiger partial charge in [0, 0.05) is 25.4 Å². The van der Waals surface area contributed by atoms with E-state index in [2.05, 4.69) is 57.3 Å². The second kappa shape index (κ2) is 5.94. The van der Waals surface area contributed by atoms with Crippen molar-refractivity contribution in [2.24, 2.45) is 7.05 Å². The average Bonchev–Trinajstić information content (AvgIpc) is 3.27. The number of nitrogens with one attached hydrogen (secondary N) is 1. The number of aromatic nitrogens is 4. The van der Waals surface area contributed by atoms with Crippen LogP contribution in [0.3, 0.4) is 0 Å². The summed E-state index contributed by atoms with van der Waals surface area (Å²) in [5, 5.41) is 9.55. The molecule has 1 aliphatic heterocycles. The first-order valence-electron chi connectivity index (χ1n) is 8.02. The van der Waals surface area contributed by atoms with Gasteiger partial charge in [0.1, 0.15) is 5.82 Å². The summed E-state index contributed by atoms with van der Waals surface area (Å²) in [4.78, 5) is 8.53. The van der Waals surface area contributed by atoms with Gasteiger partial charge >= 0.3 is 0 Å². The highest BCUT2D eigenvalue weighted by Gasteiger charge is 2.30. The molecule has 4 rings (SSSR count). The van der Waals surface area contributed by atoms with Gasteiger partial charge in [-0.25, -0.2) is 4.98 Å². The first-order chi connectivity index (χ1) is 11.2. The number of aromatic amines is 1.